The normalized spacial score (nSPS) is 11.0. The van der Waals surface area contributed by atoms with Crippen LogP contribution in [0.15, 0.2) is 36.4 Å². The van der Waals surface area contributed by atoms with Gasteiger partial charge < -0.3 is 5.11 Å². The van der Waals surface area contributed by atoms with E-state index in [0.717, 1.165) is 17.5 Å². The lowest BCUT2D eigenvalue weighted by Gasteiger charge is -2.13. The van der Waals surface area contributed by atoms with E-state index in [9.17, 15) is 9.50 Å². The lowest BCUT2D eigenvalue weighted by Crippen LogP contribution is -1.94. The smallest absolute Gasteiger partial charge is 0.165 e. The summed E-state index contributed by atoms with van der Waals surface area (Å²) in [6, 6.07) is 10.9. The molecular formula is C17H19FO. The summed E-state index contributed by atoms with van der Waals surface area (Å²) < 4.78 is 13.5. The van der Waals surface area contributed by atoms with Gasteiger partial charge in [-0.3, -0.25) is 0 Å². The highest BCUT2D eigenvalue weighted by Crippen LogP contribution is 2.30. The van der Waals surface area contributed by atoms with E-state index in [1.54, 1.807) is 6.07 Å². The second kappa shape index (κ2) is 5.43. The lowest BCUT2D eigenvalue weighted by molar-refractivity contribution is 0.432. The maximum absolute atomic E-state index is 13.5. The zero-order chi connectivity index (χ0) is 14.0. The maximum Gasteiger partial charge on any atom is 0.165 e. The molecule has 0 bridgehead atoms. The van der Waals surface area contributed by atoms with Crippen LogP contribution in [-0.2, 0) is 6.42 Å². The Labute approximate surface area is 113 Å². The largest absolute Gasteiger partial charge is 0.505 e. The fraction of sp³-hybridized carbons (Fsp3) is 0.294. The average Bonchev–Trinajstić information content (AvgIpc) is 2.41. The van der Waals surface area contributed by atoms with Crippen molar-refractivity contribution in [1.29, 1.82) is 0 Å². The highest BCUT2D eigenvalue weighted by molar-refractivity contribution is 5.69. The highest BCUT2D eigenvalue weighted by atomic mass is 19.1. The summed E-state index contributed by atoms with van der Waals surface area (Å²) >= 11 is 0. The number of phenols is 1. The predicted octanol–water partition coefficient (Wildman–Crippen LogP) is 4.88. The molecule has 0 saturated heterocycles. The molecule has 2 aromatic carbocycles. The molecule has 0 saturated carbocycles. The SMILES string of the molecule is CCc1ccc(C(C)C)cc1-c1ccc(O)c(F)c1. The van der Waals surface area contributed by atoms with E-state index in [2.05, 4.69) is 39.0 Å². The van der Waals surface area contributed by atoms with Gasteiger partial charge in [0.15, 0.2) is 11.6 Å². The first-order chi connectivity index (χ1) is 9.02. The van der Waals surface area contributed by atoms with Gasteiger partial charge in [0.2, 0.25) is 0 Å². The summed E-state index contributed by atoms with van der Waals surface area (Å²) in [4.78, 5) is 0. The quantitative estimate of drug-likeness (QED) is 0.831. The molecule has 0 atom stereocenters. The number of benzene rings is 2. The van der Waals surface area contributed by atoms with Crippen LogP contribution in [0.1, 0.15) is 37.8 Å². The number of rotatable bonds is 3. The molecule has 0 aliphatic rings. The van der Waals surface area contributed by atoms with Crippen LogP contribution in [0.5, 0.6) is 5.75 Å². The van der Waals surface area contributed by atoms with Crippen LogP contribution in [0, 0.1) is 5.82 Å². The van der Waals surface area contributed by atoms with Crippen molar-refractivity contribution >= 4 is 0 Å². The Balaban J connectivity index is 2.58. The predicted molar refractivity (Wildman–Crippen MR) is 77.0 cm³/mol. The van der Waals surface area contributed by atoms with E-state index in [1.807, 2.05) is 0 Å². The summed E-state index contributed by atoms with van der Waals surface area (Å²) in [5.41, 5.74) is 4.29. The third-order valence-corrected chi connectivity index (χ3v) is 3.44. The number of hydrogen-bond acceptors (Lipinski definition) is 1. The van der Waals surface area contributed by atoms with Gasteiger partial charge in [-0.1, -0.05) is 45.0 Å². The fourth-order valence-electron chi connectivity index (χ4n) is 2.20. The van der Waals surface area contributed by atoms with Gasteiger partial charge >= 0.3 is 0 Å². The van der Waals surface area contributed by atoms with Gasteiger partial charge in [0.05, 0.1) is 0 Å². The zero-order valence-electron chi connectivity index (χ0n) is 11.6. The van der Waals surface area contributed by atoms with Crippen molar-refractivity contribution in [2.45, 2.75) is 33.1 Å². The molecule has 0 unspecified atom stereocenters. The van der Waals surface area contributed by atoms with E-state index in [-0.39, 0.29) is 5.75 Å². The minimum atomic E-state index is -0.575. The van der Waals surface area contributed by atoms with Gasteiger partial charge in [0.25, 0.3) is 0 Å². The molecule has 0 aromatic heterocycles. The van der Waals surface area contributed by atoms with E-state index in [1.165, 1.54) is 23.3 Å². The zero-order valence-corrected chi connectivity index (χ0v) is 11.6. The van der Waals surface area contributed by atoms with Gasteiger partial charge in [0.1, 0.15) is 0 Å². The number of aromatic hydroxyl groups is 1. The van der Waals surface area contributed by atoms with Crippen LogP contribution < -0.4 is 0 Å². The van der Waals surface area contributed by atoms with E-state index >= 15 is 0 Å². The van der Waals surface area contributed by atoms with Gasteiger partial charge in [-0.15, -0.1) is 0 Å². The lowest BCUT2D eigenvalue weighted by atomic mass is 9.92. The van der Waals surface area contributed by atoms with Gasteiger partial charge in [-0.25, -0.2) is 4.39 Å². The third-order valence-electron chi connectivity index (χ3n) is 3.44. The minimum Gasteiger partial charge on any atom is -0.505 e. The Morgan fingerprint density at radius 1 is 1.11 bits per heavy atom. The Bertz CT molecular complexity index is 588. The summed E-state index contributed by atoms with van der Waals surface area (Å²) in [6.45, 7) is 6.37. The van der Waals surface area contributed by atoms with Gasteiger partial charge in [-0.2, -0.15) is 0 Å². The third kappa shape index (κ3) is 2.78. The van der Waals surface area contributed by atoms with Gasteiger partial charge in [0, 0.05) is 0 Å². The molecule has 0 fully saturated rings. The second-order valence-electron chi connectivity index (χ2n) is 5.09. The maximum atomic E-state index is 13.5. The van der Waals surface area contributed by atoms with Crippen LogP contribution in [0.4, 0.5) is 4.39 Å². The van der Waals surface area contributed by atoms with Crippen LogP contribution >= 0.6 is 0 Å². The molecule has 0 aliphatic heterocycles. The van der Waals surface area contributed by atoms with E-state index < -0.39 is 5.82 Å². The minimum absolute atomic E-state index is 0.304. The molecule has 1 N–H and O–H groups in total. The van der Waals surface area contributed by atoms with Crippen LogP contribution in [0.2, 0.25) is 0 Å². The molecule has 1 nitrogen and oxygen atoms in total. The molecule has 0 aliphatic carbocycles. The molecule has 0 amide bonds. The number of aryl methyl sites for hydroxylation is 1. The molecule has 2 heteroatoms. The number of phenolic OH excluding ortho intramolecular Hbond substituents is 1. The summed E-state index contributed by atoms with van der Waals surface area (Å²) in [6.07, 6.45) is 0.899. The Kier molecular flexibility index (Phi) is 3.89. The van der Waals surface area contributed by atoms with Crippen LogP contribution in [0.25, 0.3) is 11.1 Å². The second-order valence-corrected chi connectivity index (χ2v) is 5.09. The first-order valence-electron chi connectivity index (χ1n) is 6.64. The Morgan fingerprint density at radius 2 is 1.84 bits per heavy atom. The first kappa shape index (κ1) is 13.6. The molecule has 2 aromatic rings. The van der Waals surface area contributed by atoms with Crippen LogP contribution in [0.3, 0.4) is 0 Å². The van der Waals surface area contributed by atoms with Crippen molar-refractivity contribution in [3.8, 4) is 16.9 Å². The van der Waals surface area contributed by atoms with Crippen molar-refractivity contribution in [2.24, 2.45) is 0 Å². The molecule has 0 spiro atoms. The van der Waals surface area contributed by atoms with Crippen molar-refractivity contribution < 1.29 is 9.50 Å². The fourth-order valence-corrected chi connectivity index (χ4v) is 2.20. The molecule has 19 heavy (non-hydrogen) atoms. The Morgan fingerprint density at radius 3 is 2.42 bits per heavy atom. The molecule has 100 valence electrons. The summed E-state index contributed by atoms with van der Waals surface area (Å²) in [7, 11) is 0. The topological polar surface area (TPSA) is 20.2 Å². The molecule has 0 radical (unpaired) electrons. The van der Waals surface area contributed by atoms with E-state index in [0.29, 0.717) is 5.92 Å². The standard InChI is InChI=1S/C17H19FO/c1-4-12-5-6-13(11(2)3)9-15(12)14-7-8-17(19)16(18)10-14/h5-11,19H,4H2,1-3H3. The number of hydrogen-bond donors (Lipinski definition) is 1. The highest BCUT2D eigenvalue weighted by Gasteiger charge is 2.09. The van der Waals surface area contributed by atoms with Crippen molar-refractivity contribution in [1.82, 2.24) is 0 Å². The van der Waals surface area contributed by atoms with Crippen molar-refractivity contribution in [3.63, 3.8) is 0 Å². The molecule has 2 rings (SSSR count). The monoisotopic (exact) mass is 258 g/mol. The summed E-state index contributed by atoms with van der Waals surface area (Å²) in [5.74, 6) is -0.442. The summed E-state index contributed by atoms with van der Waals surface area (Å²) in [5, 5.41) is 9.28. The van der Waals surface area contributed by atoms with Crippen molar-refractivity contribution in [3.05, 3.63) is 53.3 Å². The number of halogens is 1. The Hall–Kier alpha value is -1.83. The first-order valence-corrected chi connectivity index (χ1v) is 6.64. The van der Waals surface area contributed by atoms with E-state index in [4.69, 9.17) is 0 Å². The molecule has 0 heterocycles. The van der Waals surface area contributed by atoms with Crippen molar-refractivity contribution in [2.75, 3.05) is 0 Å². The molecular weight excluding hydrogens is 239 g/mol. The van der Waals surface area contributed by atoms with Crippen LogP contribution in [-0.4, -0.2) is 5.11 Å². The van der Waals surface area contributed by atoms with Gasteiger partial charge in [-0.05, 0) is 46.7 Å². The average molecular weight is 258 g/mol.